The Balaban J connectivity index is 2.65. The molecule has 0 saturated carbocycles. The smallest absolute Gasteiger partial charge is 0.203 e. The minimum absolute atomic E-state index is 0.229. The van der Waals surface area contributed by atoms with Gasteiger partial charge in [-0.15, -0.1) is 0 Å². The van der Waals surface area contributed by atoms with E-state index in [4.69, 9.17) is 16.3 Å². The second-order valence-corrected chi connectivity index (χ2v) is 3.10. The topological polar surface area (TPSA) is 85.7 Å². The number of rotatable bonds is 4. The third kappa shape index (κ3) is 3.97. The number of aliphatic imine (C=N–C) groups is 1. The van der Waals surface area contributed by atoms with Crippen LogP contribution in [0, 0.1) is 0 Å². The lowest BCUT2D eigenvalue weighted by Gasteiger charge is -2.03. The molecule has 0 radical (unpaired) electrons. The molecule has 0 aromatic heterocycles. The van der Waals surface area contributed by atoms with E-state index < -0.39 is 0 Å². The van der Waals surface area contributed by atoms with Crippen molar-refractivity contribution in [2.75, 3.05) is 7.11 Å². The zero-order chi connectivity index (χ0) is 11.1. The van der Waals surface area contributed by atoms with Crippen molar-refractivity contribution in [3.8, 4) is 0 Å². The summed E-state index contributed by atoms with van der Waals surface area (Å²) in [5, 5.41) is 0. The van der Waals surface area contributed by atoms with Gasteiger partial charge in [0.2, 0.25) is 5.96 Å². The molecule has 0 fully saturated rings. The molecule has 1 rings (SSSR count). The van der Waals surface area contributed by atoms with Crippen LogP contribution in [0.3, 0.4) is 0 Å². The summed E-state index contributed by atoms with van der Waals surface area (Å²) in [5.41, 5.74) is 9.87. The Kier molecular flexibility index (Phi) is 4.59. The molecular weight excluding hydrogens is 192 g/mol. The van der Waals surface area contributed by atoms with Gasteiger partial charge in [-0.2, -0.15) is 0 Å². The number of guanidine groups is 1. The Morgan fingerprint density at radius 2 is 2.20 bits per heavy atom. The molecule has 15 heavy (non-hydrogen) atoms. The molecule has 0 aliphatic rings. The molecule has 0 aliphatic heterocycles. The lowest BCUT2D eigenvalue weighted by atomic mass is 10.1. The highest BCUT2D eigenvalue weighted by Crippen LogP contribution is 2.07. The van der Waals surface area contributed by atoms with Gasteiger partial charge in [-0.05, 0) is 11.1 Å². The number of nitrogens with one attached hydrogen (secondary N) is 1. The maximum atomic E-state index is 5.41. The van der Waals surface area contributed by atoms with E-state index in [1.54, 1.807) is 7.11 Å². The van der Waals surface area contributed by atoms with Crippen molar-refractivity contribution in [1.82, 2.24) is 5.43 Å². The molecule has 0 spiro atoms. The minimum Gasteiger partial charge on any atom is -0.380 e. The molecule has 0 aliphatic carbocycles. The largest absolute Gasteiger partial charge is 0.380 e. The molecule has 0 bridgehead atoms. The Morgan fingerprint density at radius 3 is 2.87 bits per heavy atom. The van der Waals surface area contributed by atoms with Gasteiger partial charge in [-0.25, -0.2) is 10.8 Å². The van der Waals surface area contributed by atoms with E-state index in [1.165, 1.54) is 0 Å². The van der Waals surface area contributed by atoms with Crippen molar-refractivity contribution in [2.24, 2.45) is 16.6 Å². The Bertz CT molecular complexity index is 338. The number of benzene rings is 1. The molecule has 0 saturated heterocycles. The van der Waals surface area contributed by atoms with E-state index >= 15 is 0 Å². The van der Waals surface area contributed by atoms with Crippen molar-refractivity contribution in [3.05, 3.63) is 35.4 Å². The standard InChI is InChI=1S/C10H16N4O/c1-15-7-9-4-2-3-8(5-9)6-13-10(11)14-12/h2-5H,6-7,12H2,1H3,(H3,11,13,14). The molecule has 0 atom stereocenters. The van der Waals surface area contributed by atoms with Crippen LogP contribution in [-0.4, -0.2) is 13.1 Å². The summed E-state index contributed by atoms with van der Waals surface area (Å²) in [5.74, 6) is 5.32. The van der Waals surface area contributed by atoms with Crippen molar-refractivity contribution >= 4 is 5.96 Å². The van der Waals surface area contributed by atoms with Gasteiger partial charge in [-0.3, -0.25) is 5.43 Å². The highest BCUT2D eigenvalue weighted by atomic mass is 16.5. The highest BCUT2D eigenvalue weighted by molar-refractivity contribution is 5.77. The Labute approximate surface area is 89.1 Å². The summed E-state index contributed by atoms with van der Waals surface area (Å²) in [7, 11) is 1.67. The first-order valence-electron chi connectivity index (χ1n) is 4.59. The number of nitrogens with two attached hydrogens (primary N) is 2. The average Bonchev–Trinajstić information content (AvgIpc) is 2.27. The van der Waals surface area contributed by atoms with Crippen LogP contribution in [0.1, 0.15) is 11.1 Å². The highest BCUT2D eigenvalue weighted by Gasteiger charge is 1.95. The number of hydrazine groups is 1. The Hall–Kier alpha value is -1.59. The lowest BCUT2D eigenvalue weighted by molar-refractivity contribution is 0.185. The fourth-order valence-electron chi connectivity index (χ4n) is 1.21. The predicted octanol–water partition coefficient (Wildman–Crippen LogP) is 0.111. The summed E-state index contributed by atoms with van der Waals surface area (Å²) in [6, 6.07) is 7.97. The van der Waals surface area contributed by atoms with Crippen LogP contribution in [0.5, 0.6) is 0 Å². The molecule has 5 N–H and O–H groups in total. The quantitative estimate of drug-likeness (QED) is 0.284. The molecule has 5 nitrogen and oxygen atoms in total. The molecule has 0 heterocycles. The first kappa shape index (κ1) is 11.5. The fraction of sp³-hybridized carbons (Fsp3) is 0.300. The summed E-state index contributed by atoms with van der Waals surface area (Å²) in [4.78, 5) is 4.03. The van der Waals surface area contributed by atoms with Gasteiger partial charge in [0.25, 0.3) is 0 Å². The van der Waals surface area contributed by atoms with Crippen molar-refractivity contribution < 1.29 is 4.74 Å². The number of ether oxygens (including phenoxy) is 1. The lowest BCUT2D eigenvalue weighted by Crippen LogP contribution is -2.37. The molecule has 1 aromatic rings. The van der Waals surface area contributed by atoms with Crippen LogP contribution >= 0.6 is 0 Å². The van der Waals surface area contributed by atoms with Gasteiger partial charge in [-0.1, -0.05) is 24.3 Å². The molecular formula is C10H16N4O. The van der Waals surface area contributed by atoms with Crippen molar-refractivity contribution in [2.45, 2.75) is 13.2 Å². The van der Waals surface area contributed by atoms with Gasteiger partial charge in [0, 0.05) is 7.11 Å². The third-order valence-electron chi connectivity index (χ3n) is 1.88. The first-order valence-corrected chi connectivity index (χ1v) is 4.59. The van der Waals surface area contributed by atoms with E-state index in [0.717, 1.165) is 11.1 Å². The maximum absolute atomic E-state index is 5.41. The first-order chi connectivity index (χ1) is 7.26. The van der Waals surface area contributed by atoms with Gasteiger partial charge in [0.15, 0.2) is 0 Å². The Morgan fingerprint density at radius 1 is 1.47 bits per heavy atom. The molecule has 0 unspecified atom stereocenters. The second-order valence-electron chi connectivity index (χ2n) is 3.10. The SMILES string of the molecule is COCc1cccc(CN=C(N)NN)c1. The average molecular weight is 208 g/mol. The van der Waals surface area contributed by atoms with Crippen LogP contribution in [0.4, 0.5) is 0 Å². The van der Waals surface area contributed by atoms with E-state index in [-0.39, 0.29) is 5.96 Å². The number of methoxy groups -OCH3 is 1. The second kappa shape index (κ2) is 6.00. The monoisotopic (exact) mass is 208 g/mol. The molecule has 82 valence electrons. The molecule has 1 aromatic carbocycles. The van der Waals surface area contributed by atoms with E-state index in [9.17, 15) is 0 Å². The zero-order valence-corrected chi connectivity index (χ0v) is 8.73. The van der Waals surface area contributed by atoms with Crippen molar-refractivity contribution in [1.29, 1.82) is 0 Å². The summed E-state index contributed by atoms with van der Waals surface area (Å²) < 4.78 is 5.04. The van der Waals surface area contributed by atoms with Gasteiger partial charge in [0.1, 0.15) is 0 Å². The van der Waals surface area contributed by atoms with Gasteiger partial charge in [0.05, 0.1) is 13.2 Å². The van der Waals surface area contributed by atoms with E-state index in [0.29, 0.717) is 13.2 Å². The van der Waals surface area contributed by atoms with Gasteiger partial charge < -0.3 is 10.5 Å². The summed E-state index contributed by atoms with van der Waals surface area (Å²) in [6.45, 7) is 1.11. The maximum Gasteiger partial charge on any atom is 0.203 e. The molecule has 5 heteroatoms. The number of hydrogen-bond donors (Lipinski definition) is 3. The summed E-state index contributed by atoms with van der Waals surface area (Å²) >= 11 is 0. The van der Waals surface area contributed by atoms with Crippen LogP contribution < -0.4 is 17.0 Å². The van der Waals surface area contributed by atoms with Gasteiger partial charge >= 0.3 is 0 Å². The summed E-state index contributed by atoms with van der Waals surface area (Å²) in [6.07, 6.45) is 0. The van der Waals surface area contributed by atoms with Crippen molar-refractivity contribution in [3.63, 3.8) is 0 Å². The van der Waals surface area contributed by atoms with Crippen LogP contribution in [0.15, 0.2) is 29.3 Å². The fourth-order valence-corrected chi connectivity index (χ4v) is 1.21. The van der Waals surface area contributed by atoms with E-state index in [1.807, 2.05) is 24.3 Å². The van der Waals surface area contributed by atoms with E-state index in [2.05, 4.69) is 10.4 Å². The molecule has 0 amide bonds. The minimum atomic E-state index is 0.229. The zero-order valence-electron chi connectivity index (χ0n) is 8.73. The predicted molar refractivity (Wildman–Crippen MR) is 59.8 cm³/mol. The van der Waals surface area contributed by atoms with Crippen LogP contribution in [0.2, 0.25) is 0 Å². The normalized spacial score (nSPS) is 11.5. The number of hydrogen-bond acceptors (Lipinski definition) is 3. The van der Waals surface area contributed by atoms with Crippen LogP contribution in [0.25, 0.3) is 0 Å². The van der Waals surface area contributed by atoms with Crippen LogP contribution in [-0.2, 0) is 17.9 Å². The number of nitrogens with zero attached hydrogens (tertiary/aromatic N) is 1. The third-order valence-corrected chi connectivity index (χ3v) is 1.88.